The standard InChI is InChI=1S/C22H18N2O2/c25-14-5-1-4-13(12-14)20-16-9-10-17-15(6-3-11-23-17)22(16)24-18-7-2-8-19(26)21(18)20/h1,3-6,9-12,20,24-25H,2,7-8H2. The number of benzene rings is 2. The number of rotatable bonds is 1. The van der Waals surface area contributed by atoms with E-state index >= 15 is 0 Å². The largest absolute Gasteiger partial charge is 0.508 e. The molecule has 2 aliphatic rings. The van der Waals surface area contributed by atoms with Crippen molar-refractivity contribution < 1.29 is 9.90 Å². The van der Waals surface area contributed by atoms with Gasteiger partial charge in [0.1, 0.15) is 5.75 Å². The van der Waals surface area contributed by atoms with Gasteiger partial charge in [-0.2, -0.15) is 0 Å². The molecular formula is C22H18N2O2. The number of carbonyl (C=O) groups is 1. The topological polar surface area (TPSA) is 62.2 Å². The van der Waals surface area contributed by atoms with Crippen molar-refractivity contribution in [2.45, 2.75) is 25.2 Å². The summed E-state index contributed by atoms with van der Waals surface area (Å²) in [6, 6.07) is 15.3. The van der Waals surface area contributed by atoms with E-state index in [9.17, 15) is 9.90 Å². The Labute approximate surface area is 151 Å². The van der Waals surface area contributed by atoms with Crippen LogP contribution in [0.15, 0.2) is 66.0 Å². The lowest BCUT2D eigenvalue weighted by Crippen LogP contribution is -2.27. The zero-order chi connectivity index (χ0) is 17.7. The fourth-order valence-corrected chi connectivity index (χ4v) is 4.23. The lowest BCUT2D eigenvalue weighted by molar-refractivity contribution is -0.116. The number of pyridine rings is 1. The van der Waals surface area contributed by atoms with E-state index in [1.807, 2.05) is 24.3 Å². The molecule has 1 atom stereocenters. The van der Waals surface area contributed by atoms with E-state index in [-0.39, 0.29) is 17.5 Å². The van der Waals surface area contributed by atoms with Crippen LogP contribution in [0.25, 0.3) is 10.9 Å². The maximum absolute atomic E-state index is 12.8. The van der Waals surface area contributed by atoms with Gasteiger partial charge in [-0.25, -0.2) is 0 Å². The van der Waals surface area contributed by atoms with Gasteiger partial charge in [0.2, 0.25) is 0 Å². The highest BCUT2D eigenvalue weighted by Gasteiger charge is 2.35. The van der Waals surface area contributed by atoms with Crippen LogP contribution in [0.2, 0.25) is 0 Å². The number of anilines is 1. The molecule has 0 amide bonds. The number of fused-ring (bicyclic) bond motifs is 3. The minimum Gasteiger partial charge on any atom is -0.508 e. The number of aromatic nitrogens is 1. The van der Waals surface area contributed by atoms with Crippen molar-refractivity contribution in [3.63, 3.8) is 0 Å². The van der Waals surface area contributed by atoms with Crippen LogP contribution in [0, 0.1) is 0 Å². The van der Waals surface area contributed by atoms with Crippen LogP contribution in [0.4, 0.5) is 5.69 Å². The second-order valence-electron chi connectivity index (χ2n) is 6.92. The number of allylic oxidation sites excluding steroid dienone is 2. The fraction of sp³-hybridized carbons (Fsp3) is 0.182. The zero-order valence-electron chi connectivity index (χ0n) is 14.2. The van der Waals surface area contributed by atoms with E-state index in [0.717, 1.165) is 51.8 Å². The van der Waals surface area contributed by atoms with Gasteiger partial charge in [-0.15, -0.1) is 0 Å². The molecule has 0 saturated carbocycles. The number of nitrogens with zero attached hydrogens (tertiary/aromatic N) is 1. The molecule has 0 bridgehead atoms. The number of aromatic hydroxyl groups is 1. The maximum Gasteiger partial charge on any atom is 0.161 e. The second-order valence-corrected chi connectivity index (χ2v) is 6.92. The van der Waals surface area contributed by atoms with Crippen molar-refractivity contribution in [2.24, 2.45) is 0 Å². The van der Waals surface area contributed by atoms with Crippen molar-refractivity contribution >= 4 is 22.4 Å². The highest BCUT2D eigenvalue weighted by molar-refractivity contribution is 6.04. The van der Waals surface area contributed by atoms with Crippen molar-refractivity contribution in [3.05, 3.63) is 77.1 Å². The Morgan fingerprint density at radius 3 is 2.88 bits per heavy atom. The minimum atomic E-state index is -0.161. The van der Waals surface area contributed by atoms with E-state index in [4.69, 9.17) is 0 Å². The normalized spacial score (nSPS) is 19.1. The Morgan fingerprint density at radius 2 is 2.00 bits per heavy atom. The first-order chi connectivity index (χ1) is 12.7. The van der Waals surface area contributed by atoms with Gasteiger partial charge < -0.3 is 10.4 Å². The number of phenols is 1. The van der Waals surface area contributed by atoms with Crippen LogP contribution in [0.5, 0.6) is 5.75 Å². The summed E-state index contributed by atoms with van der Waals surface area (Å²) in [5, 5.41) is 14.6. The molecule has 2 N–H and O–H groups in total. The lowest BCUT2D eigenvalue weighted by Gasteiger charge is -2.34. The molecule has 1 aliphatic carbocycles. The molecule has 4 nitrogen and oxygen atoms in total. The molecule has 2 aromatic carbocycles. The van der Waals surface area contributed by atoms with Gasteiger partial charge in [-0.3, -0.25) is 9.78 Å². The predicted octanol–water partition coefficient (Wildman–Crippen LogP) is 4.50. The molecule has 5 rings (SSSR count). The van der Waals surface area contributed by atoms with Crippen LogP contribution in [-0.2, 0) is 4.79 Å². The van der Waals surface area contributed by atoms with Crippen molar-refractivity contribution in [1.29, 1.82) is 0 Å². The molecule has 0 saturated heterocycles. The number of carbonyl (C=O) groups excluding carboxylic acids is 1. The summed E-state index contributed by atoms with van der Waals surface area (Å²) in [5.41, 5.74) is 5.82. The summed E-state index contributed by atoms with van der Waals surface area (Å²) < 4.78 is 0. The predicted molar refractivity (Wildman–Crippen MR) is 101 cm³/mol. The van der Waals surface area contributed by atoms with Crippen molar-refractivity contribution in [1.82, 2.24) is 4.98 Å². The summed E-state index contributed by atoms with van der Waals surface area (Å²) in [4.78, 5) is 17.3. The van der Waals surface area contributed by atoms with Gasteiger partial charge in [-0.1, -0.05) is 18.2 Å². The zero-order valence-corrected chi connectivity index (χ0v) is 14.2. The third kappa shape index (κ3) is 2.22. The van der Waals surface area contributed by atoms with E-state index in [1.165, 1.54) is 0 Å². The van der Waals surface area contributed by atoms with Gasteiger partial charge in [0.25, 0.3) is 0 Å². The third-order valence-corrected chi connectivity index (χ3v) is 5.35. The van der Waals surface area contributed by atoms with Gasteiger partial charge in [-0.05, 0) is 54.3 Å². The van der Waals surface area contributed by atoms with Gasteiger partial charge in [0.15, 0.2) is 5.78 Å². The number of Topliss-reactive ketones (excluding diaryl/α,β-unsaturated/α-hetero) is 1. The molecule has 0 spiro atoms. The summed E-state index contributed by atoms with van der Waals surface area (Å²) in [7, 11) is 0. The first-order valence-corrected chi connectivity index (χ1v) is 8.92. The Bertz CT molecular complexity index is 1080. The number of hydrogen-bond acceptors (Lipinski definition) is 4. The molecule has 0 radical (unpaired) electrons. The number of ketones is 1. The third-order valence-electron chi connectivity index (χ3n) is 5.35. The monoisotopic (exact) mass is 342 g/mol. The van der Waals surface area contributed by atoms with Gasteiger partial charge in [0, 0.05) is 35.2 Å². The Hall–Kier alpha value is -3.14. The molecule has 3 aromatic rings. The highest BCUT2D eigenvalue weighted by Crippen LogP contribution is 2.47. The van der Waals surface area contributed by atoms with E-state index in [0.29, 0.717) is 6.42 Å². The molecule has 128 valence electrons. The second kappa shape index (κ2) is 5.70. The van der Waals surface area contributed by atoms with Crippen LogP contribution in [0.1, 0.15) is 36.3 Å². The van der Waals surface area contributed by atoms with E-state index in [1.54, 1.807) is 18.3 Å². The number of hydrogen-bond donors (Lipinski definition) is 2. The molecule has 1 aliphatic heterocycles. The molecule has 4 heteroatoms. The lowest BCUT2D eigenvalue weighted by atomic mass is 9.75. The fourth-order valence-electron chi connectivity index (χ4n) is 4.23. The summed E-state index contributed by atoms with van der Waals surface area (Å²) in [6.45, 7) is 0. The van der Waals surface area contributed by atoms with E-state index < -0.39 is 0 Å². The van der Waals surface area contributed by atoms with E-state index in [2.05, 4.69) is 22.4 Å². The first kappa shape index (κ1) is 15.1. The number of phenolic OH excluding ortho intramolecular Hbond substituents is 1. The Balaban J connectivity index is 1.81. The SMILES string of the molecule is O=C1CCCC2=C1C(c1cccc(O)c1)c1ccc3ncccc3c1N2. The summed E-state index contributed by atoms with van der Waals surface area (Å²) in [6.07, 6.45) is 4.11. The van der Waals surface area contributed by atoms with Crippen LogP contribution < -0.4 is 5.32 Å². The average molecular weight is 342 g/mol. The maximum atomic E-state index is 12.8. The molecule has 1 aromatic heterocycles. The molecule has 1 unspecified atom stereocenters. The molecule has 2 heterocycles. The molecular weight excluding hydrogens is 324 g/mol. The number of nitrogens with one attached hydrogen (secondary N) is 1. The van der Waals surface area contributed by atoms with Crippen molar-refractivity contribution in [2.75, 3.05) is 5.32 Å². The van der Waals surface area contributed by atoms with Gasteiger partial charge >= 0.3 is 0 Å². The quantitative estimate of drug-likeness (QED) is 0.683. The Morgan fingerprint density at radius 1 is 1.08 bits per heavy atom. The summed E-state index contributed by atoms with van der Waals surface area (Å²) >= 11 is 0. The van der Waals surface area contributed by atoms with Crippen LogP contribution in [0.3, 0.4) is 0 Å². The molecule has 26 heavy (non-hydrogen) atoms. The van der Waals surface area contributed by atoms with Gasteiger partial charge in [0.05, 0.1) is 11.2 Å². The van der Waals surface area contributed by atoms with Crippen LogP contribution >= 0.6 is 0 Å². The molecule has 0 fully saturated rings. The average Bonchev–Trinajstić information content (AvgIpc) is 2.66. The smallest absolute Gasteiger partial charge is 0.161 e. The minimum absolute atomic E-state index is 0.161. The highest BCUT2D eigenvalue weighted by atomic mass is 16.3. The Kier molecular flexibility index (Phi) is 3.32. The van der Waals surface area contributed by atoms with Crippen molar-refractivity contribution in [3.8, 4) is 5.75 Å². The van der Waals surface area contributed by atoms with Crippen LogP contribution in [-0.4, -0.2) is 15.9 Å². The first-order valence-electron chi connectivity index (χ1n) is 8.92. The summed E-state index contributed by atoms with van der Waals surface area (Å²) in [5.74, 6) is 0.255.